The number of piperidine rings is 1. The minimum atomic E-state index is -3.48. The monoisotopic (exact) mass is 341 g/mol. The maximum Gasteiger partial charge on any atom is 0.308 e. The van der Waals surface area contributed by atoms with Gasteiger partial charge in [0.2, 0.25) is 10.0 Å². The molecular weight excluding hydrogens is 318 g/mol. The Kier molecular flexibility index (Phi) is 5.59. The molecular formula is C15H23N3O4S. The number of carboxylic acid groups (broad SMARTS) is 1. The highest BCUT2D eigenvalue weighted by Gasteiger charge is 2.26. The molecule has 1 atom stereocenters. The van der Waals surface area contributed by atoms with Crippen LogP contribution in [-0.4, -0.2) is 55.5 Å². The van der Waals surface area contributed by atoms with E-state index < -0.39 is 21.9 Å². The second-order valence-electron chi connectivity index (χ2n) is 5.94. The van der Waals surface area contributed by atoms with E-state index in [1.165, 1.54) is 16.6 Å². The Balaban J connectivity index is 2.10. The number of hydrogen-bond donors (Lipinski definition) is 1. The molecule has 0 radical (unpaired) electrons. The molecule has 2 rings (SSSR count). The fourth-order valence-electron chi connectivity index (χ4n) is 2.59. The van der Waals surface area contributed by atoms with Gasteiger partial charge in [-0.25, -0.2) is 13.4 Å². The van der Waals surface area contributed by atoms with Gasteiger partial charge in [0.15, 0.2) is 0 Å². The predicted octanol–water partition coefficient (Wildman–Crippen LogP) is 1.41. The highest BCUT2D eigenvalue weighted by atomic mass is 32.2. The molecule has 1 unspecified atom stereocenters. The summed E-state index contributed by atoms with van der Waals surface area (Å²) in [5, 5.41) is 8.94. The molecule has 1 aliphatic rings. The third kappa shape index (κ3) is 4.20. The van der Waals surface area contributed by atoms with Crippen molar-refractivity contribution >= 4 is 21.8 Å². The first-order chi connectivity index (χ1) is 10.8. The van der Waals surface area contributed by atoms with E-state index in [0.29, 0.717) is 25.5 Å². The summed E-state index contributed by atoms with van der Waals surface area (Å²) < 4.78 is 26.6. The molecule has 0 spiro atoms. The number of nitrogens with zero attached hydrogens (tertiary/aromatic N) is 3. The lowest BCUT2D eigenvalue weighted by atomic mass is 10.2. The predicted molar refractivity (Wildman–Crippen MR) is 86.9 cm³/mol. The van der Waals surface area contributed by atoms with Crippen LogP contribution in [0.5, 0.6) is 0 Å². The molecule has 1 aromatic heterocycles. The molecule has 0 bridgehead atoms. The van der Waals surface area contributed by atoms with Gasteiger partial charge in [-0.3, -0.25) is 4.79 Å². The summed E-state index contributed by atoms with van der Waals surface area (Å²) in [6.45, 7) is 3.04. The maximum absolute atomic E-state index is 12.5. The first-order valence-corrected chi connectivity index (χ1v) is 9.16. The molecule has 1 aromatic rings. The Morgan fingerprint density at radius 1 is 1.35 bits per heavy atom. The average molecular weight is 341 g/mol. The summed E-state index contributed by atoms with van der Waals surface area (Å²) in [7, 11) is -1.75. The molecule has 8 heteroatoms. The van der Waals surface area contributed by atoms with Gasteiger partial charge < -0.3 is 10.0 Å². The van der Waals surface area contributed by atoms with Crippen molar-refractivity contribution in [3.8, 4) is 0 Å². The van der Waals surface area contributed by atoms with Crippen molar-refractivity contribution in [2.45, 2.75) is 31.1 Å². The first kappa shape index (κ1) is 17.7. The summed E-state index contributed by atoms with van der Waals surface area (Å²) in [6.07, 6.45) is 4.19. The number of carbonyl (C=O) groups is 1. The standard InChI is InChI=1S/C15H23N3O4S/c1-12(15(19)20)11-17(2)14-7-6-13(10-16-14)23(21,22)18-8-4-3-5-9-18/h6-7,10,12H,3-5,8-9,11H2,1-2H3,(H,19,20). The first-order valence-electron chi connectivity index (χ1n) is 7.72. The molecule has 0 amide bonds. The van der Waals surface area contributed by atoms with Crippen molar-refractivity contribution in [1.29, 1.82) is 0 Å². The molecule has 0 saturated carbocycles. The van der Waals surface area contributed by atoms with E-state index in [1.807, 2.05) is 0 Å². The highest BCUT2D eigenvalue weighted by molar-refractivity contribution is 7.89. The van der Waals surface area contributed by atoms with E-state index in [-0.39, 0.29) is 4.90 Å². The fourth-order valence-corrected chi connectivity index (χ4v) is 4.05. The summed E-state index contributed by atoms with van der Waals surface area (Å²) >= 11 is 0. The number of aromatic nitrogens is 1. The van der Waals surface area contributed by atoms with Crippen LogP contribution in [0, 0.1) is 5.92 Å². The third-order valence-corrected chi connectivity index (χ3v) is 5.92. The average Bonchev–Trinajstić information content (AvgIpc) is 2.55. The number of sulfonamides is 1. The molecule has 128 valence electrons. The van der Waals surface area contributed by atoms with E-state index in [2.05, 4.69) is 4.98 Å². The zero-order chi connectivity index (χ0) is 17.0. The van der Waals surface area contributed by atoms with Crippen molar-refractivity contribution in [2.75, 3.05) is 31.6 Å². The van der Waals surface area contributed by atoms with E-state index >= 15 is 0 Å². The molecule has 23 heavy (non-hydrogen) atoms. The second kappa shape index (κ2) is 7.27. The molecule has 1 saturated heterocycles. The third-order valence-electron chi connectivity index (χ3n) is 4.03. The van der Waals surface area contributed by atoms with Crippen LogP contribution in [0.4, 0.5) is 5.82 Å². The Hall–Kier alpha value is -1.67. The number of hydrogen-bond acceptors (Lipinski definition) is 5. The number of carboxylic acids is 1. The van der Waals surface area contributed by atoms with Crippen molar-refractivity contribution in [3.63, 3.8) is 0 Å². The van der Waals surface area contributed by atoms with Crippen LogP contribution >= 0.6 is 0 Å². The van der Waals surface area contributed by atoms with Crippen molar-refractivity contribution < 1.29 is 18.3 Å². The van der Waals surface area contributed by atoms with Crippen LogP contribution in [0.25, 0.3) is 0 Å². The van der Waals surface area contributed by atoms with Gasteiger partial charge in [-0.1, -0.05) is 13.3 Å². The van der Waals surface area contributed by atoms with Gasteiger partial charge in [0.05, 0.1) is 5.92 Å². The molecule has 1 N–H and O–H groups in total. The van der Waals surface area contributed by atoms with Crippen LogP contribution in [0.15, 0.2) is 23.2 Å². The van der Waals surface area contributed by atoms with E-state index in [0.717, 1.165) is 19.3 Å². The summed E-state index contributed by atoms with van der Waals surface area (Å²) in [6, 6.07) is 3.15. The molecule has 0 aliphatic carbocycles. The molecule has 2 heterocycles. The van der Waals surface area contributed by atoms with Crippen LogP contribution in [0.3, 0.4) is 0 Å². The van der Waals surface area contributed by atoms with E-state index in [9.17, 15) is 13.2 Å². The zero-order valence-electron chi connectivity index (χ0n) is 13.5. The maximum atomic E-state index is 12.5. The van der Waals surface area contributed by atoms with Crippen LogP contribution < -0.4 is 4.90 Å². The van der Waals surface area contributed by atoms with E-state index in [1.54, 1.807) is 24.9 Å². The second-order valence-corrected chi connectivity index (χ2v) is 7.87. The van der Waals surface area contributed by atoms with Crippen LogP contribution in [0.2, 0.25) is 0 Å². The highest BCUT2D eigenvalue weighted by Crippen LogP contribution is 2.21. The fraction of sp³-hybridized carbons (Fsp3) is 0.600. The Labute approximate surface area is 137 Å². The normalized spacial score (nSPS) is 17.7. The smallest absolute Gasteiger partial charge is 0.308 e. The molecule has 7 nitrogen and oxygen atoms in total. The number of rotatable bonds is 6. The Morgan fingerprint density at radius 3 is 2.52 bits per heavy atom. The zero-order valence-corrected chi connectivity index (χ0v) is 14.3. The van der Waals surface area contributed by atoms with Crippen LogP contribution in [0.1, 0.15) is 26.2 Å². The van der Waals surface area contributed by atoms with Gasteiger partial charge in [-0.2, -0.15) is 4.31 Å². The Bertz CT molecular complexity index is 639. The lowest BCUT2D eigenvalue weighted by molar-refractivity contribution is -0.140. The topological polar surface area (TPSA) is 90.8 Å². The minimum absolute atomic E-state index is 0.183. The van der Waals surface area contributed by atoms with Crippen molar-refractivity contribution in [2.24, 2.45) is 5.92 Å². The van der Waals surface area contributed by atoms with E-state index in [4.69, 9.17) is 5.11 Å². The van der Waals surface area contributed by atoms with Gasteiger partial charge in [0.1, 0.15) is 10.7 Å². The number of anilines is 1. The van der Waals surface area contributed by atoms with Gasteiger partial charge >= 0.3 is 5.97 Å². The van der Waals surface area contributed by atoms with Gasteiger partial charge in [0, 0.05) is 32.9 Å². The molecule has 1 fully saturated rings. The molecule has 1 aliphatic heterocycles. The molecule has 0 aromatic carbocycles. The summed E-state index contributed by atoms with van der Waals surface area (Å²) in [5.41, 5.74) is 0. The lowest BCUT2D eigenvalue weighted by Gasteiger charge is -2.26. The lowest BCUT2D eigenvalue weighted by Crippen LogP contribution is -2.35. The van der Waals surface area contributed by atoms with Crippen molar-refractivity contribution in [1.82, 2.24) is 9.29 Å². The number of aliphatic carboxylic acids is 1. The summed E-state index contributed by atoms with van der Waals surface area (Å²) in [5.74, 6) is -0.851. The summed E-state index contributed by atoms with van der Waals surface area (Å²) in [4.78, 5) is 17.0. The quantitative estimate of drug-likeness (QED) is 0.841. The van der Waals surface area contributed by atoms with Crippen LogP contribution in [-0.2, 0) is 14.8 Å². The Morgan fingerprint density at radius 2 is 2.00 bits per heavy atom. The van der Waals surface area contributed by atoms with Gasteiger partial charge in [-0.15, -0.1) is 0 Å². The number of pyridine rings is 1. The van der Waals surface area contributed by atoms with Gasteiger partial charge in [0.25, 0.3) is 0 Å². The largest absolute Gasteiger partial charge is 0.481 e. The van der Waals surface area contributed by atoms with Gasteiger partial charge in [-0.05, 0) is 25.0 Å². The van der Waals surface area contributed by atoms with Crippen molar-refractivity contribution in [3.05, 3.63) is 18.3 Å². The minimum Gasteiger partial charge on any atom is -0.481 e. The SMILES string of the molecule is CC(CN(C)c1ccc(S(=O)(=O)N2CCCCC2)cn1)C(=O)O.